The van der Waals surface area contributed by atoms with Crippen LogP contribution in [-0.4, -0.2) is 34.8 Å². The van der Waals surface area contributed by atoms with E-state index in [1.54, 1.807) is 16.2 Å². The standard InChI is InChI=1S/C15H23NO3S/c1-14(2,3)19-13(17)16-9-5-7-15(18,8-10-16)12-6-4-11-20-12/h4,6,11,18H,5,7-10H2,1-3H3. The van der Waals surface area contributed by atoms with Crippen LogP contribution in [0.4, 0.5) is 4.79 Å². The number of aliphatic hydroxyl groups is 1. The van der Waals surface area contributed by atoms with Gasteiger partial charge in [-0.15, -0.1) is 11.3 Å². The van der Waals surface area contributed by atoms with E-state index in [1.165, 1.54) is 0 Å². The summed E-state index contributed by atoms with van der Waals surface area (Å²) in [4.78, 5) is 14.8. The van der Waals surface area contributed by atoms with E-state index in [9.17, 15) is 9.90 Å². The Balaban J connectivity index is 2.01. The van der Waals surface area contributed by atoms with Gasteiger partial charge in [0.15, 0.2) is 0 Å². The smallest absolute Gasteiger partial charge is 0.410 e. The summed E-state index contributed by atoms with van der Waals surface area (Å²) in [7, 11) is 0. The molecule has 5 heteroatoms. The zero-order valence-corrected chi connectivity index (χ0v) is 13.2. The summed E-state index contributed by atoms with van der Waals surface area (Å²) < 4.78 is 5.40. The molecule has 1 saturated heterocycles. The Kier molecular flexibility index (Phi) is 4.39. The molecule has 4 nitrogen and oxygen atoms in total. The second kappa shape index (κ2) is 5.74. The first kappa shape index (κ1) is 15.3. The van der Waals surface area contributed by atoms with E-state index in [0.717, 1.165) is 11.3 Å². The molecule has 1 fully saturated rings. The highest BCUT2D eigenvalue weighted by atomic mass is 32.1. The maximum Gasteiger partial charge on any atom is 0.410 e. The SMILES string of the molecule is CC(C)(C)OC(=O)N1CCCC(O)(c2cccs2)CC1. The Bertz CT molecular complexity index is 452. The van der Waals surface area contributed by atoms with Crippen LogP contribution >= 0.6 is 11.3 Å². The molecule has 0 radical (unpaired) electrons. The molecule has 0 aliphatic carbocycles. The van der Waals surface area contributed by atoms with Gasteiger partial charge in [0.1, 0.15) is 11.2 Å². The summed E-state index contributed by atoms with van der Waals surface area (Å²) in [6, 6.07) is 3.92. The monoisotopic (exact) mass is 297 g/mol. The third kappa shape index (κ3) is 3.73. The van der Waals surface area contributed by atoms with E-state index in [2.05, 4.69) is 0 Å². The van der Waals surface area contributed by atoms with E-state index in [0.29, 0.717) is 25.9 Å². The van der Waals surface area contributed by atoms with Crippen LogP contribution in [0.5, 0.6) is 0 Å². The number of carbonyl (C=O) groups is 1. The van der Waals surface area contributed by atoms with Crippen LogP contribution in [0.15, 0.2) is 17.5 Å². The van der Waals surface area contributed by atoms with E-state index < -0.39 is 11.2 Å². The van der Waals surface area contributed by atoms with Crippen molar-refractivity contribution in [3.63, 3.8) is 0 Å². The Hall–Kier alpha value is -1.07. The van der Waals surface area contributed by atoms with Gasteiger partial charge in [-0.1, -0.05) is 6.07 Å². The average molecular weight is 297 g/mol. The van der Waals surface area contributed by atoms with Gasteiger partial charge in [0.2, 0.25) is 0 Å². The van der Waals surface area contributed by atoms with Crippen LogP contribution in [0.2, 0.25) is 0 Å². The zero-order chi connectivity index (χ0) is 14.8. The largest absolute Gasteiger partial charge is 0.444 e. The van der Waals surface area contributed by atoms with Crippen molar-refractivity contribution in [2.45, 2.75) is 51.2 Å². The van der Waals surface area contributed by atoms with E-state index >= 15 is 0 Å². The number of nitrogens with zero attached hydrogens (tertiary/aromatic N) is 1. The molecule has 1 unspecified atom stereocenters. The Morgan fingerprint density at radius 1 is 1.40 bits per heavy atom. The van der Waals surface area contributed by atoms with Gasteiger partial charge in [-0.05, 0) is 51.5 Å². The van der Waals surface area contributed by atoms with Crippen LogP contribution in [0, 0.1) is 0 Å². The molecule has 0 spiro atoms. The maximum atomic E-state index is 12.1. The third-order valence-electron chi connectivity index (χ3n) is 3.45. The lowest BCUT2D eigenvalue weighted by molar-refractivity contribution is 0.0148. The summed E-state index contributed by atoms with van der Waals surface area (Å²) in [5, 5.41) is 12.8. The molecule has 20 heavy (non-hydrogen) atoms. The molecular weight excluding hydrogens is 274 g/mol. The minimum Gasteiger partial charge on any atom is -0.444 e. The predicted molar refractivity (Wildman–Crippen MR) is 79.9 cm³/mol. The minimum absolute atomic E-state index is 0.284. The maximum absolute atomic E-state index is 12.1. The fourth-order valence-corrected chi connectivity index (χ4v) is 3.30. The minimum atomic E-state index is -0.801. The number of carbonyl (C=O) groups excluding carboxylic acids is 1. The van der Waals surface area contributed by atoms with Crippen LogP contribution in [0.25, 0.3) is 0 Å². The highest BCUT2D eigenvalue weighted by Gasteiger charge is 2.34. The molecule has 0 aromatic carbocycles. The molecule has 112 valence electrons. The van der Waals surface area contributed by atoms with Crippen LogP contribution < -0.4 is 0 Å². The number of ether oxygens (including phenoxy) is 1. The Morgan fingerprint density at radius 2 is 2.15 bits per heavy atom. The molecule has 1 aliphatic heterocycles. The molecule has 2 rings (SSSR count). The zero-order valence-electron chi connectivity index (χ0n) is 12.4. The van der Waals surface area contributed by atoms with Crippen molar-refractivity contribution in [1.29, 1.82) is 0 Å². The molecule has 1 amide bonds. The molecule has 2 heterocycles. The van der Waals surface area contributed by atoms with Gasteiger partial charge in [-0.25, -0.2) is 4.79 Å². The van der Waals surface area contributed by atoms with Gasteiger partial charge in [-0.3, -0.25) is 0 Å². The summed E-state index contributed by atoms with van der Waals surface area (Å²) in [6.45, 7) is 6.77. The van der Waals surface area contributed by atoms with Crippen molar-refractivity contribution in [3.8, 4) is 0 Å². The Labute approximate surface area is 124 Å². The van der Waals surface area contributed by atoms with Crippen molar-refractivity contribution in [1.82, 2.24) is 4.90 Å². The van der Waals surface area contributed by atoms with Crippen molar-refractivity contribution < 1.29 is 14.6 Å². The number of amides is 1. The molecule has 1 aromatic rings. The van der Waals surface area contributed by atoms with Gasteiger partial charge >= 0.3 is 6.09 Å². The number of hydrogen-bond donors (Lipinski definition) is 1. The molecule has 1 aliphatic rings. The summed E-state index contributed by atoms with van der Waals surface area (Å²) >= 11 is 1.57. The van der Waals surface area contributed by atoms with Crippen molar-refractivity contribution in [3.05, 3.63) is 22.4 Å². The van der Waals surface area contributed by atoms with E-state index in [1.807, 2.05) is 38.3 Å². The van der Waals surface area contributed by atoms with Gasteiger partial charge in [-0.2, -0.15) is 0 Å². The highest BCUT2D eigenvalue weighted by Crippen LogP contribution is 2.35. The Morgan fingerprint density at radius 3 is 2.75 bits per heavy atom. The number of rotatable bonds is 1. The van der Waals surface area contributed by atoms with E-state index in [4.69, 9.17) is 4.74 Å². The number of thiophene rings is 1. The molecule has 1 atom stereocenters. The van der Waals surface area contributed by atoms with Crippen molar-refractivity contribution in [2.75, 3.05) is 13.1 Å². The van der Waals surface area contributed by atoms with Crippen molar-refractivity contribution in [2.24, 2.45) is 0 Å². The number of hydrogen-bond acceptors (Lipinski definition) is 4. The molecule has 1 aromatic heterocycles. The van der Waals surface area contributed by atoms with Crippen LogP contribution in [0.3, 0.4) is 0 Å². The summed E-state index contributed by atoms with van der Waals surface area (Å²) in [5.74, 6) is 0. The van der Waals surface area contributed by atoms with Gasteiger partial charge in [0.25, 0.3) is 0 Å². The normalized spacial score (nSPS) is 24.3. The fourth-order valence-electron chi connectivity index (χ4n) is 2.42. The predicted octanol–water partition coefficient (Wildman–Crippen LogP) is 3.36. The first-order valence-corrected chi connectivity index (χ1v) is 7.92. The molecular formula is C15H23NO3S. The fraction of sp³-hybridized carbons (Fsp3) is 0.667. The highest BCUT2D eigenvalue weighted by molar-refractivity contribution is 7.10. The first-order chi connectivity index (χ1) is 9.30. The lowest BCUT2D eigenvalue weighted by Crippen LogP contribution is -2.38. The van der Waals surface area contributed by atoms with Gasteiger partial charge < -0.3 is 14.7 Å². The van der Waals surface area contributed by atoms with Gasteiger partial charge in [0, 0.05) is 18.0 Å². The molecule has 1 N–H and O–H groups in total. The van der Waals surface area contributed by atoms with Crippen molar-refractivity contribution >= 4 is 17.4 Å². The lowest BCUT2D eigenvalue weighted by atomic mass is 9.93. The third-order valence-corrected chi connectivity index (χ3v) is 4.51. The summed E-state index contributed by atoms with van der Waals surface area (Å²) in [6.07, 6.45) is 1.75. The topological polar surface area (TPSA) is 49.8 Å². The van der Waals surface area contributed by atoms with Crippen LogP contribution in [-0.2, 0) is 10.3 Å². The average Bonchev–Trinajstić information content (AvgIpc) is 2.78. The van der Waals surface area contributed by atoms with Gasteiger partial charge in [0.05, 0.1) is 0 Å². The number of likely N-dealkylation sites (tertiary alicyclic amines) is 1. The quantitative estimate of drug-likeness (QED) is 0.864. The lowest BCUT2D eigenvalue weighted by Gasteiger charge is -2.27. The van der Waals surface area contributed by atoms with E-state index in [-0.39, 0.29) is 6.09 Å². The second-order valence-electron chi connectivity index (χ2n) is 6.33. The first-order valence-electron chi connectivity index (χ1n) is 7.04. The molecule has 0 saturated carbocycles. The second-order valence-corrected chi connectivity index (χ2v) is 7.28. The van der Waals surface area contributed by atoms with Crippen LogP contribution in [0.1, 0.15) is 44.9 Å². The molecule has 0 bridgehead atoms. The summed E-state index contributed by atoms with van der Waals surface area (Å²) in [5.41, 5.74) is -1.28.